The highest BCUT2D eigenvalue weighted by atomic mass is 16.3. The van der Waals surface area contributed by atoms with Crippen LogP contribution < -0.4 is 10.2 Å². The Morgan fingerprint density at radius 2 is 1.77 bits per heavy atom. The monoisotopic (exact) mass is 418 g/mol. The lowest BCUT2D eigenvalue weighted by molar-refractivity contribution is 0.0717. The maximum absolute atomic E-state index is 13.2. The summed E-state index contributed by atoms with van der Waals surface area (Å²) in [7, 11) is 3.81. The van der Waals surface area contributed by atoms with Crippen molar-refractivity contribution in [2.24, 2.45) is 0 Å². The number of furan rings is 1. The van der Waals surface area contributed by atoms with Crippen molar-refractivity contribution in [3.05, 3.63) is 83.4 Å². The highest BCUT2D eigenvalue weighted by Crippen LogP contribution is 2.20. The van der Waals surface area contributed by atoms with Gasteiger partial charge in [0.2, 0.25) is 0 Å². The summed E-state index contributed by atoms with van der Waals surface area (Å²) < 4.78 is 5.46. The molecule has 1 aliphatic rings. The number of pyridine rings is 1. The second-order valence-corrected chi connectivity index (χ2v) is 7.98. The van der Waals surface area contributed by atoms with E-state index < -0.39 is 0 Å². The van der Waals surface area contributed by atoms with E-state index in [2.05, 4.69) is 10.3 Å². The minimum Gasteiger partial charge on any atom is -0.467 e. The molecule has 160 valence electrons. The first-order chi connectivity index (χ1) is 15.0. The molecule has 1 saturated carbocycles. The first-order valence-corrected chi connectivity index (χ1v) is 10.3. The first kappa shape index (κ1) is 20.7. The van der Waals surface area contributed by atoms with E-state index in [0.717, 1.165) is 24.2 Å². The molecule has 1 fully saturated rings. The normalized spacial score (nSPS) is 13.0. The van der Waals surface area contributed by atoms with Crippen LogP contribution in [0.5, 0.6) is 0 Å². The lowest BCUT2D eigenvalue weighted by atomic mass is 10.1. The van der Waals surface area contributed by atoms with Crippen molar-refractivity contribution in [2.45, 2.75) is 32.0 Å². The van der Waals surface area contributed by atoms with Crippen LogP contribution in [0.2, 0.25) is 0 Å². The van der Waals surface area contributed by atoms with Gasteiger partial charge in [0.15, 0.2) is 0 Å². The molecule has 1 N–H and O–H groups in total. The Hall–Kier alpha value is -3.61. The van der Waals surface area contributed by atoms with Crippen LogP contribution in [0, 0.1) is 0 Å². The van der Waals surface area contributed by atoms with Gasteiger partial charge in [-0.2, -0.15) is 0 Å². The van der Waals surface area contributed by atoms with Gasteiger partial charge in [-0.25, -0.2) is 4.98 Å². The summed E-state index contributed by atoms with van der Waals surface area (Å²) in [6, 6.07) is 15.0. The fourth-order valence-corrected chi connectivity index (χ4v) is 3.23. The standard InChI is InChI=1S/C24H26N4O3/c1-27(2)22-12-9-19(14-25-22)24(30)28(16-21-4-3-13-31-21)15-17-5-7-18(8-6-17)23(29)26-20-10-11-20/h3-9,12-14,20H,10-11,15-16H2,1-2H3,(H,26,29). The highest BCUT2D eigenvalue weighted by molar-refractivity contribution is 5.95. The summed E-state index contributed by atoms with van der Waals surface area (Å²) in [5.74, 6) is 1.30. The van der Waals surface area contributed by atoms with Crippen molar-refractivity contribution in [1.29, 1.82) is 0 Å². The van der Waals surface area contributed by atoms with Gasteiger partial charge in [-0.3, -0.25) is 9.59 Å². The van der Waals surface area contributed by atoms with Crippen LogP contribution in [0.25, 0.3) is 0 Å². The quantitative estimate of drug-likeness (QED) is 0.606. The van der Waals surface area contributed by atoms with Gasteiger partial charge in [0.25, 0.3) is 11.8 Å². The molecule has 1 aromatic carbocycles. The average molecular weight is 418 g/mol. The Morgan fingerprint density at radius 3 is 2.35 bits per heavy atom. The van der Waals surface area contributed by atoms with Crippen LogP contribution in [0.3, 0.4) is 0 Å². The third-order valence-electron chi connectivity index (χ3n) is 5.17. The van der Waals surface area contributed by atoms with E-state index in [1.807, 2.05) is 43.3 Å². The Labute approximate surface area is 181 Å². The van der Waals surface area contributed by atoms with Crippen LogP contribution in [-0.2, 0) is 13.1 Å². The van der Waals surface area contributed by atoms with E-state index in [9.17, 15) is 9.59 Å². The predicted molar refractivity (Wildman–Crippen MR) is 118 cm³/mol. The van der Waals surface area contributed by atoms with E-state index in [-0.39, 0.29) is 11.8 Å². The Morgan fingerprint density at radius 1 is 1.03 bits per heavy atom. The van der Waals surface area contributed by atoms with Crippen LogP contribution >= 0.6 is 0 Å². The van der Waals surface area contributed by atoms with Gasteiger partial charge < -0.3 is 19.5 Å². The first-order valence-electron chi connectivity index (χ1n) is 10.3. The summed E-state index contributed by atoms with van der Waals surface area (Å²) in [6.07, 6.45) is 5.30. The summed E-state index contributed by atoms with van der Waals surface area (Å²) >= 11 is 0. The van der Waals surface area contributed by atoms with E-state index in [0.29, 0.717) is 36.0 Å². The highest BCUT2D eigenvalue weighted by Gasteiger charge is 2.24. The van der Waals surface area contributed by atoms with Gasteiger partial charge in [0, 0.05) is 38.4 Å². The van der Waals surface area contributed by atoms with Crippen molar-refractivity contribution in [1.82, 2.24) is 15.2 Å². The van der Waals surface area contributed by atoms with Crippen molar-refractivity contribution in [3.8, 4) is 0 Å². The fraction of sp³-hybridized carbons (Fsp3) is 0.292. The summed E-state index contributed by atoms with van der Waals surface area (Å²) in [5, 5.41) is 2.99. The minimum absolute atomic E-state index is 0.0513. The van der Waals surface area contributed by atoms with E-state index >= 15 is 0 Å². The van der Waals surface area contributed by atoms with Crippen LogP contribution in [0.1, 0.15) is 44.9 Å². The largest absolute Gasteiger partial charge is 0.467 e. The van der Waals surface area contributed by atoms with Crippen molar-refractivity contribution < 1.29 is 14.0 Å². The molecule has 1 aliphatic carbocycles. The molecule has 0 bridgehead atoms. The zero-order chi connectivity index (χ0) is 21.8. The third kappa shape index (κ3) is 5.31. The maximum Gasteiger partial charge on any atom is 0.256 e. The number of rotatable bonds is 8. The molecule has 0 spiro atoms. The molecule has 2 amide bonds. The number of hydrogen-bond donors (Lipinski definition) is 1. The fourth-order valence-electron chi connectivity index (χ4n) is 3.23. The van der Waals surface area contributed by atoms with Gasteiger partial charge >= 0.3 is 0 Å². The molecule has 2 aromatic heterocycles. The molecule has 0 radical (unpaired) electrons. The molecular formula is C24H26N4O3. The zero-order valence-electron chi connectivity index (χ0n) is 17.7. The summed E-state index contributed by atoms with van der Waals surface area (Å²) in [5.41, 5.74) is 2.07. The molecule has 3 aromatic rings. The lowest BCUT2D eigenvalue weighted by Crippen LogP contribution is -2.30. The number of anilines is 1. The minimum atomic E-state index is -0.134. The predicted octanol–water partition coefficient (Wildman–Crippen LogP) is 3.48. The van der Waals surface area contributed by atoms with Crippen molar-refractivity contribution >= 4 is 17.6 Å². The van der Waals surface area contributed by atoms with Crippen LogP contribution in [-0.4, -0.2) is 41.8 Å². The number of aromatic nitrogens is 1. The molecular weight excluding hydrogens is 392 g/mol. The number of benzene rings is 1. The summed E-state index contributed by atoms with van der Waals surface area (Å²) in [6.45, 7) is 0.727. The van der Waals surface area contributed by atoms with Crippen LogP contribution in [0.4, 0.5) is 5.82 Å². The zero-order valence-corrected chi connectivity index (χ0v) is 17.7. The number of nitrogens with one attached hydrogen (secondary N) is 1. The Kier molecular flexibility index (Phi) is 6.02. The molecule has 0 aliphatic heterocycles. The smallest absolute Gasteiger partial charge is 0.256 e. The van der Waals surface area contributed by atoms with Crippen LogP contribution in [0.15, 0.2) is 65.4 Å². The molecule has 7 nitrogen and oxygen atoms in total. The van der Waals surface area contributed by atoms with E-state index in [1.165, 1.54) is 0 Å². The summed E-state index contributed by atoms with van der Waals surface area (Å²) in [4.78, 5) is 33.4. The molecule has 4 rings (SSSR count). The number of hydrogen-bond acceptors (Lipinski definition) is 5. The molecule has 2 heterocycles. The average Bonchev–Trinajstić information content (AvgIpc) is 3.44. The number of nitrogens with zero attached hydrogens (tertiary/aromatic N) is 3. The molecule has 0 saturated heterocycles. The molecule has 7 heteroatoms. The van der Waals surface area contributed by atoms with Crippen molar-refractivity contribution in [2.75, 3.05) is 19.0 Å². The van der Waals surface area contributed by atoms with Gasteiger partial charge in [-0.05, 0) is 54.8 Å². The van der Waals surface area contributed by atoms with Gasteiger partial charge in [-0.1, -0.05) is 12.1 Å². The second-order valence-electron chi connectivity index (χ2n) is 7.98. The maximum atomic E-state index is 13.2. The number of carbonyl (C=O) groups is 2. The molecule has 31 heavy (non-hydrogen) atoms. The Bertz CT molecular complexity index is 1020. The van der Waals surface area contributed by atoms with E-state index in [4.69, 9.17) is 4.42 Å². The Balaban J connectivity index is 1.50. The van der Waals surface area contributed by atoms with Gasteiger partial charge in [0.1, 0.15) is 11.6 Å². The second kappa shape index (κ2) is 9.04. The molecule has 0 atom stereocenters. The topological polar surface area (TPSA) is 78.7 Å². The van der Waals surface area contributed by atoms with Gasteiger partial charge in [-0.15, -0.1) is 0 Å². The van der Waals surface area contributed by atoms with E-state index in [1.54, 1.807) is 41.6 Å². The third-order valence-corrected chi connectivity index (χ3v) is 5.17. The number of carbonyl (C=O) groups excluding carboxylic acids is 2. The number of amides is 2. The SMILES string of the molecule is CN(C)c1ccc(C(=O)N(Cc2ccc(C(=O)NC3CC3)cc2)Cc2ccco2)cn1. The molecule has 0 unspecified atom stereocenters. The lowest BCUT2D eigenvalue weighted by Gasteiger charge is -2.22. The van der Waals surface area contributed by atoms with Gasteiger partial charge in [0.05, 0.1) is 18.4 Å². The van der Waals surface area contributed by atoms with Crippen molar-refractivity contribution in [3.63, 3.8) is 0 Å².